The number of unbranched alkanes of at least 4 members (excludes halogenated alkanes) is 3. The summed E-state index contributed by atoms with van der Waals surface area (Å²) in [5.41, 5.74) is 1.17. The average Bonchev–Trinajstić information content (AvgIpc) is 2.66. The summed E-state index contributed by atoms with van der Waals surface area (Å²) in [5, 5.41) is 0. The molecule has 0 unspecified atom stereocenters. The number of rotatable bonds is 9. The second-order valence-electron chi connectivity index (χ2n) is 7.04. The van der Waals surface area contributed by atoms with Crippen LogP contribution < -0.4 is 4.72 Å². The molecule has 27 heavy (non-hydrogen) atoms. The molecule has 1 N–H and O–H groups in total. The van der Waals surface area contributed by atoms with E-state index in [0.717, 1.165) is 12.8 Å². The Balaban J connectivity index is 1.85. The molecule has 0 aromatic heterocycles. The number of piperidine rings is 1. The van der Waals surface area contributed by atoms with Crippen LogP contribution in [0.4, 0.5) is 4.79 Å². The van der Waals surface area contributed by atoms with Crippen molar-refractivity contribution in [1.82, 2.24) is 9.62 Å². The predicted octanol–water partition coefficient (Wildman–Crippen LogP) is 3.71. The van der Waals surface area contributed by atoms with Gasteiger partial charge in [0.25, 0.3) is 0 Å². The molecule has 1 amide bonds. The van der Waals surface area contributed by atoms with Gasteiger partial charge in [0.15, 0.2) is 0 Å². The second-order valence-corrected chi connectivity index (χ2v) is 8.75. The molecule has 1 saturated heterocycles. The van der Waals surface area contributed by atoms with Crippen LogP contribution in [-0.2, 0) is 21.2 Å². The van der Waals surface area contributed by atoms with Crippen molar-refractivity contribution >= 4 is 16.1 Å². The zero-order valence-electron chi connectivity index (χ0n) is 16.4. The van der Waals surface area contributed by atoms with Crippen molar-refractivity contribution in [2.24, 2.45) is 0 Å². The van der Waals surface area contributed by atoms with E-state index in [1.165, 1.54) is 24.8 Å². The Bertz CT molecular complexity index is 680. The molecule has 0 aliphatic carbocycles. The maximum Gasteiger partial charge on any atom is 0.409 e. The van der Waals surface area contributed by atoms with Crippen molar-refractivity contribution in [2.45, 2.75) is 69.7 Å². The van der Waals surface area contributed by atoms with Gasteiger partial charge in [-0.1, -0.05) is 38.3 Å². The van der Waals surface area contributed by atoms with Crippen LogP contribution >= 0.6 is 0 Å². The van der Waals surface area contributed by atoms with Crippen LogP contribution in [-0.4, -0.2) is 45.1 Å². The van der Waals surface area contributed by atoms with Crippen LogP contribution in [0.2, 0.25) is 0 Å². The molecule has 6 nitrogen and oxygen atoms in total. The van der Waals surface area contributed by atoms with Gasteiger partial charge in [0.05, 0.1) is 11.5 Å². The summed E-state index contributed by atoms with van der Waals surface area (Å²) in [5.74, 6) is 0. The standard InChI is InChI=1S/C20H32N2O4S/c1-3-5-6-7-8-17-9-11-19(12-10-17)27(24,25)21-18-13-15-22(16-14-18)20(23)26-4-2/h9-12,18,21H,3-8,13-16H2,1-2H3. The third kappa shape index (κ3) is 6.81. The molecular formula is C20H32N2O4S. The number of nitrogens with zero attached hydrogens (tertiary/aromatic N) is 1. The van der Waals surface area contributed by atoms with Crippen molar-refractivity contribution in [2.75, 3.05) is 19.7 Å². The number of hydrogen-bond acceptors (Lipinski definition) is 4. The summed E-state index contributed by atoms with van der Waals surface area (Å²) in [7, 11) is -3.54. The summed E-state index contributed by atoms with van der Waals surface area (Å²) in [6, 6.07) is 7.03. The minimum Gasteiger partial charge on any atom is -0.450 e. The van der Waals surface area contributed by atoms with Gasteiger partial charge in [0, 0.05) is 19.1 Å². The van der Waals surface area contributed by atoms with Gasteiger partial charge in [0.2, 0.25) is 10.0 Å². The fourth-order valence-corrected chi connectivity index (χ4v) is 4.58. The van der Waals surface area contributed by atoms with Gasteiger partial charge in [-0.15, -0.1) is 0 Å². The molecule has 0 radical (unpaired) electrons. The minimum absolute atomic E-state index is 0.158. The molecule has 0 bridgehead atoms. The minimum atomic E-state index is -3.54. The molecule has 1 aliphatic heterocycles. The summed E-state index contributed by atoms with van der Waals surface area (Å²) in [6.45, 7) is 5.31. The van der Waals surface area contributed by atoms with E-state index in [1.54, 1.807) is 24.0 Å². The maximum atomic E-state index is 12.6. The Kier molecular flexibility index (Phi) is 8.57. The van der Waals surface area contributed by atoms with E-state index in [9.17, 15) is 13.2 Å². The molecule has 2 rings (SSSR count). The first-order valence-corrected chi connectivity index (χ1v) is 11.5. The van der Waals surface area contributed by atoms with E-state index in [4.69, 9.17) is 4.74 Å². The van der Waals surface area contributed by atoms with E-state index in [1.807, 2.05) is 12.1 Å². The second kappa shape index (κ2) is 10.7. The van der Waals surface area contributed by atoms with E-state index in [2.05, 4.69) is 11.6 Å². The van der Waals surface area contributed by atoms with Gasteiger partial charge in [-0.2, -0.15) is 0 Å². The van der Waals surface area contributed by atoms with Crippen LogP contribution in [0.1, 0.15) is 57.9 Å². The molecule has 0 atom stereocenters. The molecule has 152 valence electrons. The van der Waals surface area contributed by atoms with Crippen molar-refractivity contribution in [3.63, 3.8) is 0 Å². The maximum absolute atomic E-state index is 12.6. The Labute approximate surface area is 163 Å². The van der Waals surface area contributed by atoms with Gasteiger partial charge < -0.3 is 9.64 Å². The lowest BCUT2D eigenvalue weighted by Crippen LogP contribution is -2.46. The number of sulfonamides is 1. The SMILES string of the molecule is CCCCCCc1ccc(S(=O)(=O)NC2CCN(C(=O)OCC)CC2)cc1. The van der Waals surface area contributed by atoms with E-state index >= 15 is 0 Å². The van der Waals surface area contributed by atoms with Crippen molar-refractivity contribution < 1.29 is 17.9 Å². The Morgan fingerprint density at radius 3 is 2.37 bits per heavy atom. The van der Waals surface area contributed by atoms with E-state index < -0.39 is 10.0 Å². The highest BCUT2D eigenvalue weighted by Gasteiger charge is 2.27. The van der Waals surface area contributed by atoms with Crippen molar-refractivity contribution in [3.8, 4) is 0 Å². The lowest BCUT2D eigenvalue weighted by atomic mass is 10.1. The first-order chi connectivity index (χ1) is 13.0. The number of nitrogens with one attached hydrogen (secondary N) is 1. The third-order valence-corrected chi connectivity index (χ3v) is 6.43. The van der Waals surface area contributed by atoms with E-state index in [-0.39, 0.29) is 12.1 Å². The van der Waals surface area contributed by atoms with Crippen LogP contribution in [0.3, 0.4) is 0 Å². The summed E-state index contributed by atoms with van der Waals surface area (Å²) >= 11 is 0. The lowest BCUT2D eigenvalue weighted by Gasteiger charge is -2.31. The van der Waals surface area contributed by atoms with Crippen LogP contribution in [0.5, 0.6) is 0 Å². The van der Waals surface area contributed by atoms with Gasteiger partial charge in [0.1, 0.15) is 0 Å². The van der Waals surface area contributed by atoms with E-state index in [0.29, 0.717) is 37.4 Å². The molecule has 0 saturated carbocycles. The predicted molar refractivity (Wildman–Crippen MR) is 106 cm³/mol. The Hall–Kier alpha value is -1.60. The van der Waals surface area contributed by atoms with Gasteiger partial charge in [-0.25, -0.2) is 17.9 Å². The zero-order valence-corrected chi connectivity index (χ0v) is 17.3. The normalized spacial score (nSPS) is 15.7. The molecule has 7 heteroatoms. The number of benzene rings is 1. The first-order valence-electron chi connectivity index (χ1n) is 9.99. The van der Waals surface area contributed by atoms with Crippen molar-refractivity contribution in [1.29, 1.82) is 0 Å². The molecule has 1 heterocycles. The monoisotopic (exact) mass is 396 g/mol. The average molecular weight is 397 g/mol. The quantitative estimate of drug-likeness (QED) is 0.646. The zero-order chi connectivity index (χ0) is 19.7. The highest BCUT2D eigenvalue weighted by molar-refractivity contribution is 7.89. The number of hydrogen-bond donors (Lipinski definition) is 1. The fourth-order valence-electron chi connectivity index (χ4n) is 3.27. The molecule has 1 fully saturated rings. The Morgan fingerprint density at radius 1 is 1.11 bits per heavy atom. The first kappa shape index (κ1) is 21.7. The highest BCUT2D eigenvalue weighted by atomic mass is 32.2. The Morgan fingerprint density at radius 2 is 1.78 bits per heavy atom. The largest absolute Gasteiger partial charge is 0.450 e. The fraction of sp³-hybridized carbons (Fsp3) is 0.650. The molecule has 1 aromatic rings. The molecular weight excluding hydrogens is 364 g/mol. The topological polar surface area (TPSA) is 75.7 Å². The van der Waals surface area contributed by atoms with Crippen LogP contribution in [0, 0.1) is 0 Å². The van der Waals surface area contributed by atoms with Gasteiger partial charge in [-0.05, 0) is 50.3 Å². The molecule has 1 aliphatic rings. The number of carbonyl (C=O) groups excluding carboxylic acids is 1. The number of carbonyl (C=O) groups is 1. The van der Waals surface area contributed by atoms with Gasteiger partial charge >= 0.3 is 6.09 Å². The smallest absolute Gasteiger partial charge is 0.409 e. The highest BCUT2D eigenvalue weighted by Crippen LogP contribution is 2.17. The van der Waals surface area contributed by atoms with Crippen molar-refractivity contribution in [3.05, 3.63) is 29.8 Å². The third-order valence-electron chi connectivity index (χ3n) is 4.90. The number of aryl methyl sites for hydroxylation is 1. The number of likely N-dealkylation sites (tertiary alicyclic amines) is 1. The number of ether oxygens (including phenoxy) is 1. The summed E-state index contributed by atoms with van der Waals surface area (Å²) in [6.07, 6.45) is 6.64. The van der Waals surface area contributed by atoms with Gasteiger partial charge in [-0.3, -0.25) is 0 Å². The van der Waals surface area contributed by atoms with Crippen LogP contribution in [0.15, 0.2) is 29.2 Å². The van der Waals surface area contributed by atoms with Crippen LogP contribution in [0.25, 0.3) is 0 Å². The summed E-state index contributed by atoms with van der Waals surface area (Å²) < 4.78 is 33.0. The lowest BCUT2D eigenvalue weighted by molar-refractivity contribution is 0.0966. The number of amides is 1. The molecule has 1 aromatic carbocycles. The molecule has 0 spiro atoms. The summed E-state index contributed by atoms with van der Waals surface area (Å²) in [4.78, 5) is 13.6.